The van der Waals surface area contributed by atoms with E-state index in [9.17, 15) is 10.1 Å². The monoisotopic (exact) mass is 301 g/mol. The summed E-state index contributed by atoms with van der Waals surface area (Å²) in [5, 5.41) is 12.9. The molecule has 0 bridgehead atoms. The van der Waals surface area contributed by atoms with Gasteiger partial charge in [-0.05, 0) is 31.9 Å². The molecule has 0 spiro atoms. The van der Waals surface area contributed by atoms with Gasteiger partial charge in [-0.15, -0.1) is 0 Å². The van der Waals surface area contributed by atoms with Crippen molar-refractivity contribution >= 4 is 11.7 Å². The molecule has 5 heteroatoms. The Bertz CT molecular complexity index is 516. The van der Waals surface area contributed by atoms with Crippen molar-refractivity contribution in [2.24, 2.45) is 0 Å². The van der Waals surface area contributed by atoms with Crippen LogP contribution in [0.1, 0.15) is 26.2 Å². The van der Waals surface area contributed by atoms with Crippen molar-refractivity contribution in [1.29, 1.82) is 5.26 Å². The smallest absolute Gasteiger partial charge is 0.307 e. The van der Waals surface area contributed by atoms with Crippen molar-refractivity contribution in [2.45, 2.75) is 31.7 Å². The van der Waals surface area contributed by atoms with Gasteiger partial charge in [0.25, 0.3) is 0 Å². The lowest BCUT2D eigenvalue weighted by Crippen LogP contribution is -2.48. The average Bonchev–Trinajstić information content (AvgIpc) is 2.55. The van der Waals surface area contributed by atoms with Gasteiger partial charge in [-0.1, -0.05) is 18.2 Å². The van der Waals surface area contributed by atoms with E-state index >= 15 is 0 Å². The third kappa shape index (κ3) is 4.47. The number of hydrogen-bond donors (Lipinski definition) is 1. The zero-order valence-electron chi connectivity index (χ0n) is 13.0. The Kier molecular flexibility index (Phi) is 5.79. The van der Waals surface area contributed by atoms with Gasteiger partial charge in [0.2, 0.25) is 0 Å². The standard InChI is InChI=1S/C17H23N3O2/c1-2-22-16(21)8-11-20-12-9-17(14-18,10-13-20)19-15-6-4-3-5-7-15/h3-7,19H,2,8-13H2,1H3. The maximum Gasteiger partial charge on any atom is 0.307 e. The van der Waals surface area contributed by atoms with E-state index in [1.165, 1.54) is 0 Å². The van der Waals surface area contributed by atoms with E-state index in [1.54, 1.807) is 0 Å². The normalized spacial score (nSPS) is 17.5. The first kappa shape index (κ1) is 16.3. The SMILES string of the molecule is CCOC(=O)CCN1CCC(C#N)(Nc2ccccc2)CC1. The maximum atomic E-state index is 11.4. The van der Waals surface area contributed by atoms with Gasteiger partial charge in [-0.3, -0.25) is 4.79 Å². The predicted octanol–water partition coefficient (Wildman–Crippen LogP) is 2.41. The molecule has 1 aromatic carbocycles. The molecule has 0 saturated carbocycles. The number of nitrogens with zero attached hydrogens (tertiary/aromatic N) is 2. The van der Waals surface area contributed by atoms with Gasteiger partial charge in [0.05, 0.1) is 19.1 Å². The summed E-state index contributed by atoms with van der Waals surface area (Å²) in [5.41, 5.74) is 0.464. The summed E-state index contributed by atoms with van der Waals surface area (Å²) in [4.78, 5) is 13.6. The first-order valence-corrected chi connectivity index (χ1v) is 7.80. The number of benzene rings is 1. The Morgan fingerprint density at radius 1 is 1.36 bits per heavy atom. The summed E-state index contributed by atoms with van der Waals surface area (Å²) < 4.78 is 4.94. The largest absolute Gasteiger partial charge is 0.466 e. The lowest BCUT2D eigenvalue weighted by molar-refractivity contribution is -0.143. The summed E-state index contributed by atoms with van der Waals surface area (Å²) in [6, 6.07) is 12.3. The van der Waals surface area contributed by atoms with Gasteiger partial charge in [-0.25, -0.2) is 0 Å². The molecule has 1 N–H and O–H groups in total. The number of carbonyl (C=O) groups is 1. The fourth-order valence-corrected chi connectivity index (χ4v) is 2.70. The van der Waals surface area contributed by atoms with Crippen LogP contribution < -0.4 is 5.32 Å². The number of piperidine rings is 1. The van der Waals surface area contributed by atoms with E-state index in [1.807, 2.05) is 37.3 Å². The summed E-state index contributed by atoms with van der Waals surface area (Å²) >= 11 is 0. The topological polar surface area (TPSA) is 65.4 Å². The quantitative estimate of drug-likeness (QED) is 0.817. The zero-order valence-corrected chi connectivity index (χ0v) is 13.0. The molecule has 118 valence electrons. The molecule has 1 heterocycles. The van der Waals surface area contributed by atoms with Gasteiger partial charge < -0.3 is 15.0 Å². The average molecular weight is 301 g/mol. The second-order valence-electron chi connectivity index (χ2n) is 5.58. The van der Waals surface area contributed by atoms with E-state index in [0.29, 0.717) is 19.6 Å². The highest BCUT2D eigenvalue weighted by Gasteiger charge is 2.34. The lowest BCUT2D eigenvalue weighted by atomic mass is 9.88. The number of nitriles is 1. The summed E-state index contributed by atoms with van der Waals surface area (Å²) in [6.45, 7) is 4.57. The third-order valence-electron chi connectivity index (χ3n) is 4.02. The Morgan fingerprint density at radius 2 is 2.05 bits per heavy atom. The Labute approximate surface area is 131 Å². The molecule has 5 nitrogen and oxygen atoms in total. The molecule has 1 fully saturated rings. The van der Waals surface area contributed by atoms with Gasteiger partial charge in [-0.2, -0.15) is 5.26 Å². The number of rotatable bonds is 6. The lowest BCUT2D eigenvalue weighted by Gasteiger charge is -2.38. The van der Waals surface area contributed by atoms with Crippen LogP contribution in [0, 0.1) is 11.3 Å². The first-order chi connectivity index (χ1) is 10.7. The minimum absolute atomic E-state index is 0.151. The molecular formula is C17H23N3O2. The Hall–Kier alpha value is -2.06. The number of nitrogens with one attached hydrogen (secondary N) is 1. The molecule has 0 amide bonds. The summed E-state index contributed by atoms with van der Waals surface area (Å²) in [6.07, 6.45) is 1.92. The molecule has 0 aromatic heterocycles. The van der Waals surface area contributed by atoms with Crippen molar-refractivity contribution < 1.29 is 9.53 Å². The molecular weight excluding hydrogens is 278 g/mol. The van der Waals surface area contributed by atoms with Gasteiger partial charge in [0.15, 0.2) is 0 Å². The number of likely N-dealkylation sites (tertiary alicyclic amines) is 1. The molecule has 1 saturated heterocycles. The second-order valence-corrected chi connectivity index (χ2v) is 5.58. The van der Waals surface area contributed by atoms with Crippen LogP contribution in [0.3, 0.4) is 0 Å². The van der Waals surface area contributed by atoms with Crippen LogP contribution in [0.25, 0.3) is 0 Å². The van der Waals surface area contributed by atoms with Crippen molar-refractivity contribution in [3.63, 3.8) is 0 Å². The van der Waals surface area contributed by atoms with Crippen LogP contribution in [0.2, 0.25) is 0 Å². The molecule has 1 aromatic rings. The third-order valence-corrected chi connectivity index (χ3v) is 4.02. The maximum absolute atomic E-state index is 11.4. The summed E-state index contributed by atoms with van der Waals surface area (Å²) in [7, 11) is 0. The molecule has 22 heavy (non-hydrogen) atoms. The fraction of sp³-hybridized carbons (Fsp3) is 0.529. The number of ether oxygens (including phenoxy) is 1. The van der Waals surface area contributed by atoms with Crippen LogP contribution in [0.15, 0.2) is 30.3 Å². The van der Waals surface area contributed by atoms with E-state index in [2.05, 4.69) is 16.3 Å². The summed E-state index contributed by atoms with van der Waals surface area (Å²) in [5.74, 6) is -0.151. The molecule has 0 aliphatic carbocycles. The van der Waals surface area contributed by atoms with E-state index in [4.69, 9.17) is 4.74 Å². The predicted molar refractivity (Wildman–Crippen MR) is 85.3 cm³/mol. The van der Waals surface area contributed by atoms with Gasteiger partial charge in [0, 0.05) is 25.3 Å². The Balaban J connectivity index is 1.84. The highest BCUT2D eigenvalue weighted by Crippen LogP contribution is 2.26. The zero-order chi connectivity index (χ0) is 15.8. The number of esters is 1. The van der Waals surface area contributed by atoms with Gasteiger partial charge in [0.1, 0.15) is 5.54 Å². The molecule has 2 rings (SSSR count). The Morgan fingerprint density at radius 3 is 2.64 bits per heavy atom. The van der Waals surface area contributed by atoms with E-state index in [0.717, 1.165) is 31.6 Å². The van der Waals surface area contributed by atoms with E-state index in [-0.39, 0.29) is 5.97 Å². The van der Waals surface area contributed by atoms with Crippen LogP contribution in [0.5, 0.6) is 0 Å². The van der Waals surface area contributed by atoms with Crippen molar-refractivity contribution in [3.05, 3.63) is 30.3 Å². The molecule has 0 unspecified atom stereocenters. The fourth-order valence-electron chi connectivity index (χ4n) is 2.70. The minimum atomic E-state index is -0.512. The molecule has 1 aliphatic rings. The second kappa shape index (κ2) is 7.81. The highest BCUT2D eigenvalue weighted by atomic mass is 16.5. The van der Waals surface area contributed by atoms with E-state index < -0.39 is 5.54 Å². The van der Waals surface area contributed by atoms with Gasteiger partial charge >= 0.3 is 5.97 Å². The molecule has 0 atom stereocenters. The number of hydrogen-bond acceptors (Lipinski definition) is 5. The number of para-hydroxylation sites is 1. The van der Waals surface area contributed by atoms with Crippen LogP contribution in [-0.4, -0.2) is 42.6 Å². The first-order valence-electron chi connectivity index (χ1n) is 7.80. The van der Waals surface area contributed by atoms with Crippen molar-refractivity contribution in [2.75, 3.05) is 31.6 Å². The molecule has 1 aliphatic heterocycles. The van der Waals surface area contributed by atoms with Crippen molar-refractivity contribution in [3.8, 4) is 6.07 Å². The van der Waals surface area contributed by atoms with Crippen LogP contribution in [-0.2, 0) is 9.53 Å². The minimum Gasteiger partial charge on any atom is -0.466 e. The molecule has 0 radical (unpaired) electrons. The van der Waals surface area contributed by atoms with Crippen LogP contribution >= 0.6 is 0 Å². The number of anilines is 1. The van der Waals surface area contributed by atoms with Crippen molar-refractivity contribution in [1.82, 2.24) is 4.90 Å². The van der Waals surface area contributed by atoms with Crippen LogP contribution in [0.4, 0.5) is 5.69 Å². The number of carbonyl (C=O) groups excluding carboxylic acids is 1. The highest BCUT2D eigenvalue weighted by molar-refractivity contribution is 5.69.